The molecule has 6 nitrogen and oxygen atoms in total. The van der Waals surface area contributed by atoms with Crippen molar-refractivity contribution >= 4 is 17.5 Å². The summed E-state index contributed by atoms with van der Waals surface area (Å²) in [6, 6.07) is 6.59. The molecule has 1 aliphatic heterocycles. The van der Waals surface area contributed by atoms with Crippen molar-refractivity contribution in [2.45, 2.75) is 0 Å². The van der Waals surface area contributed by atoms with Crippen molar-refractivity contribution in [3.63, 3.8) is 0 Å². The van der Waals surface area contributed by atoms with Crippen molar-refractivity contribution in [2.75, 3.05) is 5.43 Å². The van der Waals surface area contributed by atoms with Crippen molar-refractivity contribution in [2.24, 2.45) is 0 Å². The van der Waals surface area contributed by atoms with Crippen LogP contribution in [0.5, 0.6) is 0 Å². The Bertz CT molecular complexity index is 368. The zero-order valence-electron chi connectivity index (χ0n) is 6.56. The third kappa shape index (κ3) is 0.970. The Morgan fingerprint density at radius 1 is 1.38 bits per heavy atom. The predicted molar refractivity (Wildman–Crippen MR) is 44.8 cm³/mol. The van der Waals surface area contributed by atoms with Crippen LogP contribution in [0.3, 0.4) is 0 Å². The number of amides is 1. The van der Waals surface area contributed by atoms with Gasteiger partial charge in [0.25, 0.3) is 0 Å². The van der Waals surface area contributed by atoms with E-state index in [0.29, 0.717) is 5.69 Å². The number of quaternary nitrogens is 1. The Morgan fingerprint density at radius 3 is 2.77 bits per heavy atom. The average Bonchev–Trinajstić information content (AvgIpc) is 2.47. The van der Waals surface area contributed by atoms with Crippen LogP contribution < -0.4 is 15.7 Å². The summed E-state index contributed by atoms with van der Waals surface area (Å²) >= 11 is 0. The van der Waals surface area contributed by atoms with Gasteiger partial charge in [0.15, 0.2) is 0 Å². The largest absolute Gasteiger partial charge is 0.575 e. The molecule has 4 N–H and O–H groups in total. The molecule has 1 amide bonds. The molecule has 1 aromatic carbocycles. The van der Waals surface area contributed by atoms with Crippen molar-refractivity contribution < 1.29 is 15.1 Å². The summed E-state index contributed by atoms with van der Waals surface area (Å²) in [7, 11) is 0. The molecule has 0 aliphatic carbocycles. The molecule has 0 fully saturated rings. The van der Waals surface area contributed by atoms with Crippen molar-refractivity contribution in [3.8, 4) is 0 Å². The Hall–Kier alpha value is -1.63. The normalized spacial score (nSPS) is 25.0. The van der Waals surface area contributed by atoms with E-state index in [4.69, 9.17) is 5.11 Å². The summed E-state index contributed by atoms with van der Waals surface area (Å²) in [4.78, 5) is 10.7. The maximum Gasteiger partial charge on any atom is 0.575 e. The van der Waals surface area contributed by atoms with Crippen molar-refractivity contribution in [1.82, 2.24) is 10.3 Å². The summed E-state index contributed by atoms with van der Waals surface area (Å²) < 4.78 is -1.34. The summed E-state index contributed by atoms with van der Waals surface area (Å²) in [5.41, 5.74) is 5.61. The van der Waals surface area contributed by atoms with Crippen molar-refractivity contribution in [1.29, 1.82) is 0 Å². The molecule has 1 unspecified atom stereocenters. The molecule has 1 aliphatic rings. The SMILES string of the molecule is O=C(O)[N+]1(O)NNc2ccccc21. The minimum atomic E-state index is -1.39. The number of nitrogens with one attached hydrogen (secondary N) is 2. The number of hydrogen-bond acceptors (Lipinski definition) is 4. The van der Waals surface area contributed by atoms with E-state index in [9.17, 15) is 10.0 Å². The van der Waals surface area contributed by atoms with Gasteiger partial charge in [0.1, 0.15) is 5.69 Å². The Kier molecular flexibility index (Phi) is 1.49. The van der Waals surface area contributed by atoms with Crippen LogP contribution in [0.2, 0.25) is 0 Å². The molecule has 1 atom stereocenters. The first kappa shape index (κ1) is 7.99. The standard InChI is InChI=1S/C7H7N3O3/c11-7(12)10(13)6-4-2-1-3-5(6)8-9-10/h1-4,8-9,13H/p+1. The molecule has 0 spiro atoms. The van der Waals surface area contributed by atoms with Gasteiger partial charge >= 0.3 is 6.09 Å². The summed E-state index contributed by atoms with van der Waals surface area (Å²) in [5.74, 6) is 0. The van der Waals surface area contributed by atoms with Crippen LogP contribution in [0.25, 0.3) is 0 Å². The predicted octanol–water partition coefficient (Wildman–Crippen LogP) is 0.906. The van der Waals surface area contributed by atoms with Gasteiger partial charge in [-0.1, -0.05) is 12.1 Å². The number of nitrogens with zero attached hydrogens (tertiary/aromatic N) is 1. The number of hydrazine groups is 1. The number of benzene rings is 1. The number of rotatable bonds is 0. The fourth-order valence-corrected chi connectivity index (χ4v) is 1.21. The number of hydroxylamine groups is 1. The zero-order chi connectivity index (χ0) is 9.47. The topological polar surface area (TPSA) is 81.6 Å². The highest BCUT2D eigenvalue weighted by molar-refractivity contribution is 5.85. The number of carbonyl (C=O) groups is 1. The summed E-state index contributed by atoms with van der Waals surface area (Å²) in [6.07, 6.45) is -1.39. The molecule has 6 heteroatoms. The van der Waals surface area contributed by atoms with E-state index in [0.717, 1.165) is 0 Å². The van der Waals surface area contributed by atoms with Crippen LogP contribution in [-0.4, -0.2) is 16.4 Å². The maximum atomic E-state index is 10.7. The summed E-state index contributed by atoms with van der Waals surface area (Å²) in [6.45, 7) is 0. The Balaban J connectivity index is 2.55. The summed E-state index contributed by atoms with van der Waals surface area (Å²) in [5, 5.41) is 18.3. The molecule has 0 bridgehead atoms. The van der Waals surface area contributed by atoms with E-state index >= 15 is 0 Å². The number of hydrogen-bond donors (Lipinski definition) is 4. The minimum Gasteiger partial charge on any atom is -0.431 e. The Morgan fingerprint density at radius 2 is 2.08 bits per heavy atom. The quantitative estimate of drug-likeness (QED) is 0.354. The van der Waals surface area contributed by atoms with Gasteiger partial charge in [0, 0.05) is 10.8 Å². The first-order chi connectivity index (χ1) is 6.14. The van der Waals surface area contributed by atoms with Crippen LogP contribution >= 0.6 is 0 Å². The second-order valence-electron chi connectivity index (χ2n) is 2.67. The minimum absolute atomic E-state index is 0.259. The average molecular weight is 182 g/mol. The smallest absolute Gasteiger partial charge is 0.431 e. The molecule has 0 radical (unpaired) electrons. The van der Waals surface area contributed by atoms with E-state index in [1.807, 2.05) is 0 Å². The zero-order valence-corrected chi connectivity index (χ0v) is 6.56. The van der Waals surface area contributed by atoms with Gasteiger partial charge in [-0.2, -0.15) is 10.0 Å². The maximum absolute atomic E-state index is 10.7. The van der Waals surface area contributed by atoms with Crippen LogP contribution in [-0.2, 0) is 0 Å². The highest BCUT2D eigenvalue weighted by Crippen LogP contribution is 2.32. The lowest BCUT2D eigenvalue weighted by atomic mass is 10.3. The lowest BCUT2D eigenvalue weighted by Gasteiger charge is -2.14. The number of carboxylic acid groups (broad SMARTS) is 1. The van der Waals surface area contributed by atoms with E-state index in [2.05, 4.69) is 11.0 Å². The van der Waals surface area contributed by atoms with E-state index in [-0.39, 0.29) is 5.69 Å². The third-order valence-corrected chi connectivity index (χ3v) is 1.88. The van der Waals surface area contributed by atoms with Crippen LogP contribution in [0.1, 0.15) is 0 Å². The van der Waals surface area contributed by atoms with Crippen molar-refractivity contribution in [3.05, 3.63) is 24.3 Å². The molecule has 1 aromatic rings. The third-order valence-electron chi connectivity index (χ3n) is 1.88. The van der Waals surface area contributed by atoms with Crippen LogP contribution in [0.15, 0.2) is 24.3 Å². The second kappa shape index (κ2) is 2.43. The lowest BCUT2D eigenvalue weighted by Crippen LogP contribution is -2.58. The fraction of sp³-hybridized carbons (Fsp3) is 0. The second-order valence-corrected chi connectivity index (χ2v) is 2.67. The monoisotopic (exact) mass is 182 g/mol. The molecule has 2 rings (SSSR count). The van der Waals surface area contributed by atoms with Gasteiger partial charge in [-0.3, -0.25) is 5.43 Å². The van der Waals surface area contributed by atoms with Crippen LogP contribution in [0, 0.1) is 0 Å². The van der Waals surface area contributed by atoms with Crippen LogP contribution in [0.4, 0.5) is 16.2 Å². The highest BCUT2D eigenvalue weighted by Gasteiger charge is 2.46. The van der Waals surface area contributed by atoms with E-state index in [1.54, 1.807) is 18.2 Å². The number of para-hydroxylation sites is 2. The van der Waals surface area contributed by atoms with Gasteiger partial charge < -0.3 is 5.11 Å². The lowest BCUT2D eigenvalue weighted by molar-refractivity contribution is -0.0820. The van der Waals surface area contributed by atoms with E-state index < -0.39 is 10.8 Å². The fourth-order valence-electron chi connectivity index (χ4n) is 1.21. The molecular weight excluding hydrogens is 174 g/mol. The van der Waals surface area contributed by atoms with Gasteiger partial charge in [-0.05, 0) is 11.6 Å². The van der Waals surface area contributed by atoms with E-state index in [1.165, 1.54) is 6.07 Å². The van der Waals surface area contributed by atoms with Gasteiger partial charge in [0.05, 0.1) is 0 Å². The molecule has 0 aromatic heterocycles. The van der Waals surface area contributed by atoms with Gasteiger partial charge in [0.2, 0.25) is 5.69 Å². The molecule has 68 valence electrons. The highest BCUT2D eigenvalue weighted by atomic mass is 16.7. The van der Waals surface area contributed by atoms with Gasteiger partial charge in [-0.25, -0.2) is 0 Å². The molecule has 0 saturated heterocycles. The Labute approximate surface area is 73.5 Å². The number of anilines is 1. The molecule has 1 heterocycles. The molecule has 13 heavy (non-hydrogen) atoms. The first-order valence-corrected chi connectivity index (χ1v) is 3.63. The first-order valence-electron chi connectivity index (χ1n) is 3.63. The van der Waals surface area contributed by atoms with Gasteiger partial charge in [-0.15, -0.1) is 0 Å². The number of fused-ring (bicyclic) bond motifs is 1. The molecular formula is C7H8N3O3+. The molecule has 0 saturated carbocycles.